The summed E-state index contributed by atoms with van der Waals surface area (Å²) in [4.78, 5) is 11.6. The summed E-state index contributed by atoms with van der Waals surface area (Å²) in [5.74, 6) is 0.469. The molecule has 102 valence electrons. The highest BCUT2D eigenvalue weighted by molar-refractivity contribution is 5.64. The van der Waals surface area contributed by atoms with E-state index in [1.165, 1.54) is 0 Å². The molecule has 0 spiro atoms. The fraction of sp³-hybridized carbons (Fsp3) is 0.118. The van der Waals surface area contributed by atoms with E-state index >= 15 is 0 Å². The number of carbonyl (C=O) groups excluding carboxylic acids is 1. The van der Waals surface area contributed by atoms with Crippen LogP contribution in [0.15, 0.2) is 66.7 Å². The summed E-state index contributed by atoms with van der Waals surface area (Å²) in [6.45, 7) is 1.78. The third-order valence-corrected chi connectivity index (χ3v) is 2.59. The maximum absolute atomic E-state index is 11.6. The molecule has 0 saturated heterocycles. The van der Waals surface area contributed by atoms with Crippen LogP contribution in [0.2, 0.25) is 0 Å². The van der Waals surface area contributed by atoms with Crippen LogP contribution in [0.1, 0.15) is 12.5 Å². The van der Waals surface area contributed by atoms with E-state index in [2.05, 4.69) is 0 Å². The first-order chi connectivity index (χ1) is 9.74. The number of benzene rings is 2. The molecule has 0 fully saturated rings. The Morgan fingerprint density at radius 2 is 1.60 bits per heavy atom. The topological polar surface area (TPSA) is 35.5 Å². The first-order valence-electron chi connectivity index (χ1n) is 6.41. The van der Waals surface area contributed by atoms with E-state index in [-0.39, 0.29) is 6.10 Å². The van der Waals surface area contributed by atoms with E-state index in [4.69, 9.17) is 9.47 Å². The molecule has 0 aliphatic rings. The standard InChI is InChI=1S/C17H16O3/c1-14(12-13-15-8-4-2-5-9-15)19-17(18)20-16-10-6-3-7-11-16/h2-14H,1H3/b13-12+. The second-order valence-electron chi connectivity index (χ2n) is 4.26. The number of hydrogen-bond donors (Lipinski definition) is 0. The summed E-state index contributed by atoms with van der Waals surface area (Å²) in [7, 11) is 0. The highest BCUT2D eigenvalue weighted by Crippen LogP contribution is 2.10. The number of ether oxygens (including phenoxy) is 2. The molecule has 3 heteroatoms. The van der Waals surface area contributed by atoms with Gasteiger partial charge in [-0.25, -0.2) is 4.79 Å². The smallest absolute Gasteiger partial charge is 0.427 e. The Morgan fingerprint density at radius 3 is 2.25 bits per heavy atom. The monoisotopic (exact) mass is 268 g/mol. The van der Waals surface area contributed by atoms with Gasteiger partial charge in [-0.05, 0) is 30.7 Å². The number of para-hydroxylation sites is 1. The molecule has 2 aromatic carbocycles. The summed E-state index contributed by atoms with van der Waals surface area (Å²) in [5, 5.41) is 0. The molecule has 3 nitrogen and oxygen atoms in total. The average molecular weight is 268 g/mol. The molecule has 0 bridgehead atoms. The Bertz CT molecular complexity index is 561. The quantitative estimate of drug-likeness (QED) is 0.612. The Labute approximate surface area is 118 Å². The SMILES string of the molecule is CC(/C=C/c1ccccc1)OC(=O)Oc1ccccc1. The molecule has 2 aromatic rings. The molecule has 0 amide bonds. The predicted octanol–water partition coefficient (Wildman–Crippen LogP) is 4.30. The van der Waals surface area contributed by atoms with E-state index in [1.54, 1.807) is 31.2 Å². The lowest BCUT2D eigenvalue weighted by Gasteiger charge is -2.09. The van der Waals surface area contributed by atoms with Gasteiger partial charge in [0.2, 0.25) is 0 Å². The van der Waals surface area contributed by atoms with Crippen LogP contribution in [0.25, 0.3) is 6.08 Å². The zero-order valence-corrected chi connectivity index (χ0v) is 11.2. The number of hydrogen-bond acceptors (Lipinski definition) is 3. The van der Waals surface area contributed by atoms with Crippen molar-refractivity contribution in [3.8, 4) is 5.75 Å². The molecule has 0 radical (unpaired) electrons. The zero-order chi connectivity index (χ0) is 14.2. The van der Waals surface area contributed by atoms with Crippen molar-refractivity contribution in [1.82, 2.24) is 0 Å². The molecule has 1 atom stereocenters. The fourth-order valence-electron chi connectivity index (χ4n) is 1.61. The van der Waals surface area contributed by atoms with E-state index in [1.807, 2.05) is 48.6 Å². The first kappa shape index (κ1) is 13.9. The highest BCUT2D eigenvalue weighted by Gasteiger charge is 2.08. The molecule has 0 aliphatic heterocycles. The molecule has 2 rings (SSSR count). The van der Waals surface area contributed by atoms with Crippen LogP contribution in [0.4, 0.5) is 4.79 Å². The van der Waals surface area contributed by atoms with Crippen molar-refractivity contribution in [3.05, 3.63) is 72.3 Å². The van der Waals surface area contributed by atoms with Gasteiger partial charge in [0.1, 0.15) is 11.9 Å². The Hall–Kier alpha value is -2.55. The summed E-state index contributed by atoms with van der Waals surface area (Å²) in [5.41, 5.74) is 1.05. The van der Waals surface area contributed by atoms with Gasteiger partial charge in [-0.2, -0.15) is 0 Å². The third-order valence-electron chi connectivity index (χ3n) is 2.59. The van der Waals surface area contributed by atoms with Gasteiger partial charge in [-0.1, -0.05) is 54.6 Å². The molecular formula is C17H16O3. The van der Waals surface area contributed by atoms with Crippen LogP contribution < -0.4 is 4.74 Å². The summed E-state index contributed by atoms with van der Waals surface area (Å²) >= 11 is 0. The summed E-state index contributed by atoms with van der Waals surface area (Å²) in [6.07, 6.45) is 2.65. The van der Waals surface area contributed by atoms with Crippen molar-refractivity contribution in [3.63, 3.8) is 0 Å². The van der Waals surface area contributed by atoms with Crippen molar-refractivity contribution in [2.75, 3.05) is 0 Å². The molecule has 0 N–H and O–H groups in total. The van der Waals surface area contributed by atoms with E-state index < -0.39 is 6.16 Å². The predicted molar refractivity (Wildman–Crippen MR) is 78.5 cm³/mol. The highest BCUT2D eigenvalue weighted by atomic mass is 16.7. The molecule has 0 aliphatic carbocycles. The van der Waals surface area contributed by atoms with Gasteiger partial charge in [0, 0.05) is 0 Å². The van der Waals surface area contributed by atoms with Gasteiger partial charge in [0.15, 0.2) is 0 Å². The largest absolute Gasteiger partial charge is 0.514 e. The summed E-state index contributed by atoms with van der Waals surface area (Å²) in [6, 6.07) is 18.7. The van der Waals surface area contributed by atoms with Crippen LogP contribution in [0, 0.1) is 0 Å². The fourth-order valence-corrected chi connectivity index (χ4v) is 1.61. The lowest BCUT2D eigenvalue weighted by molar-refractivity contribution is 0.0826. The minimum Gasteiger partial charge on any atom is -0.427 e. The first-order valence-corrected chi connectivity index (χ1v) is 6.41. The Morgan fingerprint density at radius 1 is 1.00 bits per heavy atom. The average Bonchev–Trinajstić information content (AvgIpc) is 2.47. The van der Waals surface area contributed by atoms with Crippen molar-refractivity contribution >= 4 is 12.2 Å². The Balaban J connectivity index is 1.84. The lowest BCUT2D eigenvalue weighted by Crippen LogP contribution is -2.16. The number of carbonyl (C=O) groups is 1. The molecule has 0 heterocycles. The van der Waals surface area contributed by atoms with Crippen LogP contribution in [-0.2, 0) is 4.74 Å². The minimum atomic E-state index is -0.707. The van der Waals surface area contributed by atoms with Gasteiger partial charge in [-0.3, -0.25) is 0 Å². The molecule has 1 unspecified atom stereocenters. The minimum absolute atomic E-state index is 0.355. The normalized spacial score (nSPS) is 12.1. The van der Waals surface area contributed by atoms with Gasteiger partial charge in [0.05, 0.1) is 0 Å². The van der Waals surface area contributed by atoms with Crippen molar-refractivity contribution < 1.29 is 14.3 Å². The lowest BCUT2D eigenvalue weighted by atomic mass is 10.2. The van der Waals surface area contributed by atoms with Crippen molar-refractivity contribution in [2.45, 2.75) is 13.0 Å². The molecule has 0 aromatic heterocycles. The second-order valence-corrected chi connectivity index (χ2v) is 4.26. The molecule has 20 heavy (non-hydrogen) atoms. The van der Waals surface area contributed by atoms with Gasteiger partial charge in [0.25, 0.3) is 0 Å². The van der Waals surface area contributed by atoms with E-state index in [0.717, 1.165) is 5.56 Å². The van der Waals surface area contributed by atoms with E-state index in [0.29, 0.717) is 5.75 Å². The maximum atomic E-state index is 11.6. The summed E-state index contributed by atoms with van der Waals surface area (Å²) < 4.78 is 10.2. The third kappa shape index (κ3) is 4.61. The van der Waals surface area contributed by atoms with Gasteiger partial charge < -0.3 is 9.47 Å². The van der Waals surface area contributed by atoms with Crippen LogP contribution in [-0.4, -0.2) is 12.3 Å². The van der Waals surface area contributed by atoms with Crippen LogP contribution >= 0.6 is 0 Å². The molecular weight excluding hydrogens is 252 g/mol. The van der Waals surface area contributed by atoms with Crippen molar-refractivity contribution in [2.24, 2.45) is 0 Å². The second kappa shape index (κ2) is 7.14. The van der Waals surface area contributed by atoms with Crippen LogP contribution in [0.5, 0.6) is 5.75 Å². The number of rotatable bonds is 4. The Kier molecular flexibility index (Phi) is 4.95. The molecule has 0 saturated carbocycles. The zero-order valence-electron chi connectivity index (χ0n) is 11.2. The van der Waals surface area contributed by atoms with Gasteiger partial charge in [-0.15, -0.1) is 0 Å². The maximum Gasteiger partial charge on any atom is 0.514 e. The van der Waals surface area contributed by atoms with E-state index in [9.17, 15) is 4.79 Å². The van der Waals surface area contributed by atoms with Crippen molar-refractivity contribution in [1.29, 1.82) is 0 Å². The van der Waals surface area contributed by atoms with Gasteiger partial charge >= 0.3 is 6.16 Å². The van der Waals surface area contributed by atoms with Crippen LogP contribution in [0.3, 0.4) is 0 Å².